The van der Waals surface area contributed by atoms with Crippen molar-refractivity contribution in [3.8, 4) is 5.75 Å². The molecule has 18 heavy (non-hydrogen) atoms. The first-order valence-electron chi connectivity index (χ1n) is 5.58. The maximum atomic E-state index is 11.1. The third-order valence-corrected chi connectivity index (χ3v) is 4.19. The Hall–Kier alpha value is -1.40. The lowest BCUT2D eigenvalue weighted by atomic mass is 10.3. The summed E-state index contributed by atoms with van der Waals surface area (Å²) in [6.07, 6.45) is 3.58. The minimum Gasteiger partial charge on any atom is -0.485 e. The van der Waals surface area contributed by atoms with Gasteiger partial charge >= 0.3 is 5.97 Å². The minimum atomic E-state index is -0.934. The number of carboxylic acid groups (broad SMARTS) is 1. The Balaban J connectivity index is 2.12. The van der Waals surface area contributed by atoms with Crippen LogP contribution < -0.4 is 4.74 Å². The Morgan fingerprint density at radius 3 is 3.00 bits per heavy atom. The highest BCUT2D eigenvalue weighted by atomic mass is 32.1. The van der Waals surface area contributed by atoms with Gasteiger partial charge in [0.15, 0.2) is 4.88 Å². The summed E-state index contributed by atoms with van der Waals surface area (Å²) in [6.45, 7) is 2.39. The lowest BCUT2D eigenvalue weighted by Crippen LogP contribution is -1.99. The van der Waals surface area contributed by atoms with Crippen LogP contribution in [0.3, 0.4) is 0 Å². The van der Waals surface area contributed by atoms with Crippen molar-refractivity contribution in [2.75, 3.05) is 0 Å². The molecule has 0 amide bonds. The Kier molecular flexibility index (Phi) is 4.33. The van der Waals surface area contributed by atoms with Crippen molar-refractivity contribution in [3.05, 3.63) is 32.4 Å². The van der Waals surface area contributed by atoms with E-state index in [1.54, 1.807) is 6.20 Å². The van der Waals surface area contributed by atoms with Crippen LogP contribution in [-0.2, 0) is 13.0 Å². The fourth-order valence-electron chi connectivity index (χ4n) is 1.51. The lowest BCUT2D eigenvalue weighted by Gasteiger charge is -2.02. The third kappa shape index (κ3) is 3.08. The van der Waals surface area contributed by atoms with E-state index in [9.17, 15) is 4.79 Å². The van der Waals surface area contributed by atoms with Crippen molar-refractivity contribution in [1.82, 2.24) is 4.98 Å². The van der Waals surface area contributed by atoms with Gasteiger partial charge in [-0.05, 0) is 12.5 Å². The number of rotatable bonds is 6. The normalized spacial score (nSPS) is 10.5. The fourth-order valence-corrected chi connectivity index (χ4v) is 3.08. The monoisotopic (exact) mass is 283 g/mol. The molecule has 2 rings (SSSR count). The topological polar surface area (TPSA) is 59.4 Å². The zero-order valence-electron chi connectivity index (χ0n) is 9.88. The van der Waals surface area contributed by atoms with Crippen LogP contribution in [-0.4, -0.2) is 16.1 Å². The van der Waals surface area contributed by atoms with Crippen molar-refractivity contribution in [1.29, 1.82) is 0 Å². The number of carboxylic acids is 1. The summed E-state index contributed by atoms with van der Waals surface area (Å²) in [5, 5.41) is 11.8. The molecule has 0 aliphatic rings. The standard InChI is InChI=1S/C12H13NO3S2/c1-2-3-8-6-9(11(18-8)12(14)15)16-7-10-13-4-5-17-10/h4-6H,2-3,7H2,1H3,(H,14,15). The lowest BCUT2D eigenvalue weighted by molar-refractivity contribution is 0.0697. The molecule has 0 radical (unpaired) electrons. The molecule has 6 heteroatoms. The average molecular weight is 283 g/mol. The van der Waals surface area contributed by atoms with E-state index in [1.807, 2.05) is 11.4 Å². The second kappa shape index (κ2) is 5.97. The highest BCUT2D eigenvalue weighted by Gasteiger charge is 2.16. The molecular weight excluding hydrogens is 270 g/mol. The second-order valence-electron chi connectivity index (χ2n) is 3.68. The molecule has 0 saturated carbocycles. The van der Waals surface area contributed by atoms with Crippen LogP contribution >= 0.6 is 22.7 Å². The first-order valence-corrected chi connectivity index (χ1v) is 7.27. The van der Waals surface area contributed by atoms with Crippen molar-refractivity contribution in [2.45, 2.75) is 26.4 Å². The molecule has 1 N–H and O–H groups in total. The molecule has 2 aromatic rings. The van der Waals surface area contributed by atoms with Gasteiger partial charge in [-0.25, -0.2) is 9.78 Å². The first kappa shape index (κ1) is 13.0. The molecule has 4 nitrogen and oxygen atoms in total. The first-order chi connectivity index (χ1) is 8.70. The molecule has 0 spiro atoms. The number of aromatic nitrogens is 1. The van der Waals surface area contributed by atoms with Gasteiger partial charge in [-0.3, -0.25) is 0 Å². The van der Waals surface area contributed by atoms with Crippen LogP contribution in [0.2, 0.25) is 0 Å². The number of thiophene rings is 1. The van der Waals surface area contributed by atoms with Crippen molar-refractivity contribution >= 4 is 28.6 Å². The van der Waals surface area contributed by atoms with Gasteiger partial charge in [-0.2, -0.15) is 0 Å². The summed E-state index contributed by atoms with van der Waals surface area (Å²) in [4.78, 5) is 16.5. The highest BCUT2D eigenvalue weighted by Crippen LogP contribution is 2.31. The maximum Gasteiger partial charge on any atom is 0.349 e. The van der Waals surface area contributed by atoms with Crippen LogP contribution in [0.4, 0.5) is 0 Å². The molecular formula is C12H13NO3S2. The third-order valence-electron chi connectivity index (χ3n) is 2.27. The predicted molar refractivity (Wildman–Crippen MR) is 71.7 cm³/mol. The summed E-state index contributed by atoms with van der Waals surface area (Å²) in [5.41, 5.74) is 0. The van der Waals surface area contributed by atoms with Gasteiger partial charge in [-0.15, -0.1) is 22.7 Å². The fraction of sp³-hybridized carbons (Fsp3) is 0.333. The number of aryl methyl sites for hydroxylation is 1. The van der Waals surface area contributed by atoms with Crippen LogP contribution in [0.15, 0.2) is 17.6 Å². The zero-order chi connectivity index (χ0) is 13.0. The summed E-state index contributed by atoms with van der Waals surface area (Å²) in [7, 11) is 0. The molecule has 0 unspecified atom stereocenters. The summed E-state index contributed by atoms with van der Waals surface area (Å²) >= 11 is 2.78. The van der Waals surface area contributed by atoms with Crippen molar-refractivity contribution < 1.29 is 14.6 Å². The zero-order valence-corrected chi connectivity index (χ0v) is 11.5. The molecule has 0 fully saturated rings. The predicted octanol–water partition coefficient (Wildman–Crippen LogP) is 3.43. The molecule has 0 aromatic carbocycles. The quantitative estimate of drug-likeness (QED) is 0.882. The Bertz CT molecular complexity index is 519. The van der Waals surface area contributed by atoms with E-state index in [4.69, 9.17) is 9.84 Å². The van der Waals surface area contributed by atoms with Crippen molar-refractivity contribution in [3.63, 3.8) is 0 Å². The number of nitrogens with zero attached hydrogens (tertiary/aromatic N) is 1. The Morgan fingerprint density at radius 1 is 1.56 bits per heavy atom. The molecule has 0 aliphatic heterocycles. The molecule has 2 aromatic heterocycles. The van der Waals surface area contributed by atoms with E-state index in [0.29, 0.717) is 12.4 Å². The van der Waals surface area contributed by atoms with Crippen LogP contribution in [0.5, 0.6) is 5.75 Å². The molecule has 0 saturated heterocycles. The molecule has 2 heterocycles. The van der Waals surface area contributed by atoms with E-state index in [2.05, 4.69) is 11.9 Å². The van der Waals surface area contributed by atoms with Gasteiger partial charge in [0.1, 0.15) is 17.4 Å². The number of hydrogen-bond acceptors (Lipinski definition) is 5. The van der Waals surface area contributed by atoms with Crippen LogP contribution in [0, 0.1) is 0 Å². The van der Waals surface area contributed by atoms with Gasteiger partial charge in [0.05, 0.1) is 0 Å². The average Bonchev–Trinajstić information content (AvgIpc) is 2.95. The molecule has 0 atom stereocenters. The number of thiazole rings is 1. The van der Waals surface area contributed by atoms with Gasteiger partial charge < -0.3 is 9.84 Å². The summed E-state index contributed by atoms with van der Waals surface area (Å²) < 4.78 is 5.55. The molecule has 0 bridgehead atoms. The number of ether oxygens (including phenoxy) is 1. The smallest absolute Gasteiger partial charge is 0.349 e. The summed E-state index contributed by atoms with van der Waals surface area (Å²) in [6, 6.07) is 1.82. The second-order valence-corrected chi connectivity index (χ2v) is 5.79. The molecule has 0 aliphatic carbocycles. The maximum absolute atomic E-state index is 11.1. The van der Waals surface area contributed by atoms with E-state index in [0.717, 1.165) is 22.7 Å². The van der Waals surface area contributed by atoms with Crippen LogP contribution in [0.25, 0.3) is 0 Å². The number of hydrogen-bond donors (Lipinski definition) is 1. The van der Waals surface area contributed by atoms with E-state index in [-0.39, 0.29) is 4.88 Å². The van der Waals surface area contributed by atoms with E-state index < -0.39 is 5.97 Å². The summed E-state index contributed by atoms with van der Waals surface area (Å²) in [5.74, 6) is -0.484. The van der Waals surface area contributed by atoms with Crippen molar-refractivity contribution in [2.24, 2.45) is 0 Å². The van der Waals surface area contributed by atoms with E-state index in [1.165, 1.54) is 22.7 Å². The van der Waals surface area contributed by atoms with Crippen LogP contribution in [0.1, 0.15) is 32.9 Å². The number of carbonyl (C=O) groups is 1. The minimum absolute atomic E-state index is 0.273. The molecule has 96 valence electrons. The van der Waals surface area contributed by atoms with E-state index >= 15 is 0 Å². The van der Waals surface area contributed by atoms with Gasteiger partial charge in [-0.1, -0.05) is 13.3 Å². The highest BCUT2D eigenvalue weighted by molar-refractivity contribution is 7.14. The number of aromatic carboxylic acids is 1. The SMILES string of the molecule is CCCc1cc(OCc2nccs2)c(C(=O)O)s1. The van der Waals surface area contributed by atoms with Gasteiger partial charge in [0.25, 0.3) is 0 Å². The largest absolute Gasteiger partial charge is 0.485 e. The Labute approximate surface area is 113 Å². The Morgan fingerprint density at radius 2 is 2.39 bits per heavy atom. The van der Waals surface area contributed by atoms with Gasteiger partial charge in [0, 0.05) is 16.5 Å². The van der Waals surface area contributed by atoms with Gasteiger partial charge in [0.2, 0.25) is 0 Å².